The number of hydrogen-bond acceptors (Lipinski definition) is 5. The molecule has 0 saturated carbocycles. The number of rotatable bonds is 5. The molecule has 0 unspecified atom stereocenters. The van der Waals surface area contributed by atoms with E-state index in [1.807, 2.05) is 24.3 Å². The minimum Gasteiger partial charge on any atom is -0.497 e. The molecule has 1 aliphatic heterocycles. The fraction of sp³-hybridized carbons (Fsp3) is 0.294. The third kappa shape index (κ3) is 3.21. The molecule has 2 heterocycles. The van der Waals surface area contributed by atoms with Gasteiger partial charge in [-0.15, -0.1) is 0 Å². The van der Waals surface area contributed by atoms with E-state index in [-0.39, 0.29) is 5.91 Å². The number of amides is 1. The average molecular weight is 314 g/mol. The molecule has 120 valence electrons. The Bertz CT molecular complexity index is 707. The first-order valence-electron chi connectivity index (χ1n) is 7.31. The van der Waals surface area contributed by atoms with Crippen molar-refractivity contribution >= 4 is 11.6 Å². The van der Waals surface area contributed by atoms with Crippen molar-refractivity contribution in [2.45, 2.75) is 25.5 Å². The van der Waals surface area contributed by atoms with Crippen LogP contribution in [0.5, 0.6) is 5.75 Å². The molecule has 1 amide bonds. The molecule has 1 aliphatic rings. The number of hydrogen-bond donors (Lipinski definition) is 1. The summed E-state index contributed by atoms with van der Waals surface area (Å²) < 4.78 is 10.3. The topological polar surface area (TPSA) is 73.1 Å². The standard InChI is InChI=1S/C17H18N2O4/c1-17(16(20)18-11-14-4-3-9-22-14)10-15(19-23-17)12-5-7-13(21-2)8-6-12/h3-9H,10-11H2,1-2H3,(H,18,20)/t17-/m1/s1. The quantitative estimate of drug-likeness (QED) is 0.920. The summed E-state index contributed by atoms with van der Waals surface area (Å²) in [5, 5.41) is 6.88. The van der Waals surface area contributed by atoms with Gasteiger partial charge in [0.15, 0.2) is 0 Å². The van der Waals surface area contributed by atoms with Gasteiger partial charge in [-0.1, -0.05) is 5.16 Å². The van der Waals surface area contributed by atoms with Crippen LogP contribution in [0, 0.1) is 0 Å². The third-order valence-corrected chi connectivity index (χ3v) is 3.77. The van der Waals surface area contributed by atoms with Crippen molar-refractivity contribution in [3.63, 3.8) is 0 Å². The summed E-state index contributed by atoms with van der Waals surface area (Å²) in [5.41, 5.74) is 0.638. The van der Waals surface area contributed by atoms with Gasteiger partial charge in [-0.2, -0.15) is 0 Å². The van der Waals surface area contributed by atoms with Crippen LogP contribution in [0.25, 0.3) is 0 Å². The number of nitrogens with zero attached hydrogens (tertiary/aromatic N) is 1. The molecule has 1 aromatic heterocycles. The largest absolute Gasteiger partial charge is 0.497 e. The van der Waals surface area contributed by atoms with Crippen LogP contribution in [0.3, 0.4) is 0 Å². The molecule has 0 spiro atoms. The normalized spacial score (nSPS) is 19.8. The Balaban J connectivity index is 1.62. The SMILES string of the molecule is COc1ccc(C2=NO[C@@](C)(C(=O)NCc3ccco3)C2)cc1. The van der Waals surface area contributed by atoms with E-state index in [0.717, 1.165) is 17.0 Å². The second-order valence-electron chi connectivity index (χ2n) is 5.53. The molecule has 1 aromatic carbocycles. The van der Waals surface area contributed by atoms with Crippen LogP contribution in [-0.4, -0.2) is 24.3 Å². The lowest BCUT2D eigenvalue weighted by Crippen LogP contribution is -2.44. The highest BCUT2D eigenvalue weighted by atomic mass is 16.7. The molecule has 0 fully saturated rings. The van der Waals surface area contributed by atoms with Crippen molar-refractivity contribution in [2.24, 2.45) is 5.16 Å². The molecule has 1 N–H and O–H groups in total. The summed E-state index contributed by atoms with van der Waals surface area (Å²) in [7, 11) is 1.62. The number of nitrogens with one attached hydrogen (secondary N) is 1. The Morgan fingerprint density at radius 1 is 1.35 bits per heavy atom. The van der Waals surface area contributed by atoms with Gasteiger partial charge in [-0.3, -0.25) is 4.79 Å². The van der Waals surface area contributed by atoms with E-state index >= 15 is 0 Å². The van der Waals surface area contributed by atoms with Crippen molar-refractivity contribution in [2.75, 3.05) is 7.11 Å². The summed E-state index contributed by atoms with van der Waals surface area (Å²) in [6.45, 7) is 2.05. The second kappa shape index (κ2) is 6.16. The highest BCUT2D eigenvalue weighted by Crippen LogP contribution is 2.27. The van der Waals surface area contributed by atoms with E-state index < -0.39 is 5.60 Å². The predicted octanol–water partition coefficient (Wildman–Crippen LogP) is 2.49. The van der Waals surface area contributed by atoms with E-state index in [1.54, 1.807) is 32.4 Å². The third-order valence-electron chi connectivity index (χ3n) is 3.77. The number of methoxy groups -OCH3 is 1. The Kier molecular flexibility index (Phi) is 4.06. The van der Waals surface area contributed by atoms with E-state index in [9.17, 15) is 4.79 Å². The lowest BCUT2D eigenvalue weighted by molar-refractivity contribution is -0.141. The molecule has 23 heavy (non-hydrogen) atoms. The maximum Gasteiger partial charge on any atom is 0.267 e. The van der Waals surface area contributed by atoms with Crippen LogP contribution in [0.2, 0.25) is 0 Å². The summed E-state index contributed by atoms with van der Waals surface area (Å²) in [6.07, 6.45) is 1.98. The van der Waals surface area contributed by atoms with Crippen molar-refractivity contribution < 1.29 is 18.8 Å². The first kappa shape index (κ1) is 15.1. The molecule has 6 heteroatoms. The van der Waals surface area contributed by atoms with Gasteiger partial charge in [0.2, 0.25) is 5.60 Å². The molecule has 2 aromatic rings. The van der Waals surface area contributed by atoms with Crippen molar-refractivity contribution in [1.29, 1.82) is 0 Å². The molecule has 3 rings (SSSR count). The highest BCUT2D eigenvalue weighted by Gasteiger charge is 2.42. The van der Waals surface area contributed by atoms with Crippen molar-refractivity contribution in [1.82, 2.24) is 5.32 Å². The van der Waals surface area contributed by atoms with E-state index in [0.29, 0.717) is 18.7 Å². The fourth-order valence-corrected chi connectivity index (χ4v) is 2.37. The van der Waals surface area contributed by atoms with Crippen LogP contribution in [-0.2, 0) is 16.2 Å². The van der Waals surface area contributed by atoms with Crippen LogP contribution in [0.15, 0.2) is 52.2 Å². The molecule has 0 radical (unpaired) electrons. The summed E-state index contributed by atoms with van der Waals surface area (Å²) >= 11 is 0. The first-order chi connectivity index (χ1) is 11.1. The number of carbonyl (C=O) groups is 1. The molecule has 0 saturated heterocycles. The average Bonchev–Trinajstić information content (AvgIpc) is 3.23. The molecular formula is C17H18N2O4. The zero-order chi connectivity index (χ0) is 16.3. The molecule has 0 aliphatic carbocycles. The Morgan fingerprint density at radius 3 is 2.78 bits per heavy atom. The van der Waals surface area contributed by atoms with E-state index in [1.165, 1.54) is 0 Å². The number of furan rings is 1. The fourth-order valence-electron chi connectivity index (χ4n) is 2.37. The number of carbonyl (C=O) groups excluding carboxylic acids is 1. The van der Waals surface area contributed by atoms with Gasteiger partial charge in [0, 0.05) is 6.42 Å². The zero-order valence-electron chi connectivity index (χ0n) is 13.0. The highest BCUT2D eigenvalue weighted by molar-refractivity contribution is 6.05. The monoisotopic (exact) mass is 314 g/mol. The summed E-state index contributed by atoms with van der Waals surface area (Å²) in [4.78, 5) is 17.8. The van der Waals surface area contributed by atoms with Crippen molar-refractivity contribution in [3.8, 4) is 5.75 Å². The van der Waals surface area contributed by atoms with Crippen LogP contribution in [0.1, 0.15) is 24.7 Å². The minimum atomic E-state index is -1.01. The Labute approximate surface area is 134 Å². The van der Waals surface area contributed by atoms with Gasteiger partial charge >= 0.3 is 0 Å². The Morgan fingerprint density at radius 2 is 2.13 bits per heavy atom. The minimum absolute atomic E-state index is 0.221. The zero-order valence-corrected chi connectivity index (χ0v) is 13.0. The smallest absolute Gasteiger partial charge is 0.267 e. The summed E-state index contributed by atoms with van der Waals surface area (Å²) in [6, 6.07) is 11.1. The van der Waals surface area contributed by atoms with Gasteiger partial charge < -0.3 is 19.3 Å². The van der Waals surface area contributed by atoms with Crippen LogP contribution >= 0.6 is 0 Å². The maximum atomic E-state index is 12.4. The van der Waals surface area contributed by atoms with Gasteiger partial charge in [-0.25, -0.2) is 0 Å². The first-order valence-corrected chi connectivity index (χ1v) is 7.31. The number of benzene rings is 1. The van der Waals surface area contributed by atoms with Gasteiger partial charge in [0.1, 0.15) is 11.5 Å². The lowest BCUT2D eigenvalue weighted by atomic mass is 9.95. The molecule has 0 bridgehead atoms. The molecular weight excluding hydrogens is 296 g/mol. The van der Waals surface area contributed by atoms with Crippen LogP contribution < -0.4 is 10.1 Å². The van der Waals surface area contributed by atoms with Gasteiger partial charge in [0.25, 0.3) is 5.91 Å². The van der Waals surface area contributed by atoms with Gasteiger partial charge in [0.05, 0.1) is 25.6 Å². The molecule has 1 atom stereocenters. The predicted molar refractivity (Wildman–Crippen MR) is 84.2 cm³/mol. The Hall–Kier alpha value is -2.76. The van der Waals surface area contributed by atoms with Crippen molar-refractivity contribution in [3.05, 3.63) is 54.0 Å². The summed E-state index contributed by atoms with van der Waals surface area (Å²) in [5.74, 6) is 1.24. The van der Waals surface area contributed by atoms with Gasteiger partial charge in [-0.05, 0) is 48.9 Å². The van der Waals surface area contributed by atoms with E-state index in [4.69, 9.17) is 14.0 Å². The van der Waals surface area contributed by atoms with E-state index in [2.05, 4.69) is 10.5 Å². The maximum absolute atomic E-state index is 12.4. The van der Waals surface area contributed by atoms with Crippen LogP contribution in [0.4, 0.5) is 0 Å². The number of oxime groups is 1. The second-order valence-corrected chi connectivity index (χ2v) is 5.53. The lowest BCUT2D eigenvalue weighted by Gasteiger charge is -2.20. The molecule has 6 nitrogen and oxygen atoms in total. The number of ether oxygens (including phenoxy) is 1.